The van der Waals surface area contributed by atoms with Gasteiger partial charge in [0.2, 0.25) is 5.91 Å². The molecule has 3 nitrogen and oxygen atoms in total. The lowest BCUT2D eigenvalue weighted by Gasteiger charge is -2.28. The Morgan fingerprint density at radius 3 is 2.50 bits per heavy atom. The third-order valence-corrected chi connectivity index (χ3v) is 3.78. The maximum absolute atomic E-state index is 11.9. The van der Waals surface area contributed by atoms with Gasteiger partial charge in [-0.15, -0.1) is 0 Å². The second-order valence-corrected chi connectivity index (χ2v) is 5.32. The molecule has 0 radical (unpaired) electrons. The van der Waals surface area contributed by atoms with Crippen molar-refractivity contribution in [1.29, 1.82) is 0 Å². The Morgan fingerprint density at radius 1 is 1.44 bits per heavy atom. The zero-order chi connectivity index (χ0) is 12.1. The molecule has 0 spiro atoms. The van der Waals surface area contributed by atoms with E-state index in [2.05, 4.69) is 0 Å². The molecule has 0 aliphatic heterocycles. The lowest BCUT2D eigenvalue weighted by molar-refractivity contribution is -0.132. The van der Waals surface area contributed by atoms with Gasteiger partial charge in [-0.25, -0.2) is 0 Å². The van der Waals surface area contributed by atoms with Crippen molar-refractivity contribution in [1.82, 2.24) is 4.90 Å². The molecule has 1 atom stereocenters. The molecule has 1 amide bonds. The van der Waals surface area contributed by atoms with Crippen LogP contribution in [0.25, 0.3) is 0 Å². The summed E-state index contributed by atoms with van der Waals surface area (Å²) in [6, 6.07) is 0. The second-order valence-electron chi connectivity index (χ2n) is 4.85. The highest BCUT2D eigenvalue weighted by molar-refractivity contribution is 7.80. The predicted octanol–water partition coefficient (Wildman–Crippen LogP) is 1.95. The van der Waals surface area contributed by atoms with Crippen LogP contribution in [0.1, 0.15) is 39.0 Å². The summed E-state index contributed by atoms with van der Waals surface area (Å²) in [5.74, 6) is 0.392. The number of carbonyl (C=O) groups excluding carboxylic acids is 1. The van der Waals surface area contributed by atoms with Gasteiger partial charge in [0, 0.05) is 13.6 Å². The number of rotatable bonds is 4. The molecule has 0 bridgehead atoms. The van der Waals surface area contributed by atoms with Crippen molar-refractivity contribution in [3.63, 3.8) is 0 Å². The van der Waals surface area contributed by atoms with Gasteiger partial charge in [-0.2, -0.15) is 0 Å². The minimum atomic E-state index is -0.330. The van der Waals surface area contributed by atoms with E-state index in [0.29, 0.717) is 10.9 Å². The van der Waals surface area contributed by atoms with Gasteiger partial charge in [0.25, 0.3) is 0 Å². The number of hydrogen-bond acceptors (Lipinski definition) is 2. The molecule has 1 rings (SSSR count). The van der Waals surface area contributed by atoms with E-state index >= 15 is 0 Å². The van der Waals surface area contributed by atoms with Gasteiger partial charge in [-0.05, 0) is 25.7 Å². The van der Waals surface area contributed by atoms with E-state index in [0.717, 1.165) is 6.54 Å². The summed E-state index contributed by atoms with van der Waals surface area (Å²) >= 11 is 4.85. The van der Waals surface area contributed by atoms with Gasteiger partial charge < -0.3 is 10.6 Å². The monoisotopic (exact) mass is 242 g/mol. The van der Waals surface area contributed by atoms with Gasteiger partial charge in [0.05, 0.1) is 10.9 Å². The normalized spacial score (nSPS) is 19.1. The van der Waals surface area contributed by atoms with Crippen molar-refractivity contribution < 1.29 is 4.79 Å². The van der Waals surface area contributed by atoms with E-state index in [-0.39, 0.29) is 11.8 Å². The van der Waals surface area contributed by atoms with E-state index in [1.54, 1.807) is 11.8 Å². The quantitative estimate of drug-likeness (QED) is 0.766. The zero-order valence-electron chi connectivity index (χ0n) is 10.2. The predicted molar refractivity (Wildman–Crippen MR) is 70.2 cm³/mol. The fourth-order valence-corrected chi connectivity index (χ4v) is 2.40. The van der Waals surface area contributed by atoms with Crippen molar-refractivity contribution >= 4 is 23.1 Å². The van der Waals surface area contributed by atoms with Crippen molar-refractivity contribution in [2.75, 3.05) is 13.6 Å². The summed E-state index contributed by atoms with van der Waals surface area (Å²) in [5.41, 5.74) is 5.49. The number of hydrogen-bond donors (Lipinski definition) is 1. The van der Waals surface area contributed by atoms with Gasteiger partial charge >= 0.3 is 0 Å². The third kappa shape index (κ3) is 3.74. The average Bonchev–Trinajstić information content (AvgIpc) is 2.28. The van der Waals surface area contributed by atoms with Crippen molar-refractivity contribution in [3.05, 3.63) is 0 Å². The maximum Gasteiger partial charge on any atom is 0.231 e. The fraction of sp³-hybridized carbons (Fsp3) is 0.833. The van der Waals surface area contributed by atoms with Crippen LogP contribution in [0.4, 0.5) is 0 Å². The molecule has 1 saturated carbocycles. The van der Waals surface area contributed by atoms with Crippen LogP contribution in [-0.2, 0) is 4.79 Å². The number of amides is 1. The van der Waals surface area contributed by atoms with Crippen LogP contribution in [0.3, 0.4) is 0 Å². The van der Waals surface area contributed by atoms with E-state index in [1.165, 1.54) is 32.1 Å². The Kier molecular flexibility index (Phi) is 5.19. The molecule has 0 aromatic heterocycles. The number of thiocarbonyl (C=S) groups is 1. The number of nitrogens with two attached hydrogens (primary N) is 1. The average molecular weight is 242 g/mol. The SMILES string of the molecule is CC(C(=O)N(C)CC1CCCCC1)C(N)=S. The van der Waals surface area contributed by atoms with Crippen molar-refractivity contribution in [2.45, 2.75) is 39.0 Å². The molecule has 92 valence electrons. The van der Waals surface area contributed by atoms with Crippen LogP contribution >= 0.6 is 12.2 Å². The van der Waals surface area contributed by atoms with Crippen LogP contribution in [0.5, 0.6) is 0 Å². The Bertz CT molecular complexity index is 262. The molecule has 1 aliphatic rings. The van der Waals surface area contributed by atoms with E-state index < -0.39 is 0 Å². The summed E-state index contributed by atoms with van der Waals surface area (Å²) in [5, 5.41) is 0. The van der Waals surface area contributed by atoms with E-state index in [4.69, 9.17) is 18.0 Å². The molecule has 0 aromatic carbocycles. The molecule has 2 N–H and O–H groups in total. The summed E-state index contributed by atoms with van der Waals surface area (Å²) < 4.78 is 0. The number of carbonyl (C=O) groups is 1. The summed E-state index contributed by atoms with van der Waals surface area (Å²) in [6.45, 7) is 2.63. The molecule has 1 aliphatic carbocycles. The molecule has 1 fully saturated rings. The van der Waals surface area contributed by atoms with Crippen molar-refractivity contribution in [3.8, 4) is 0 Å². The third-order valence-electron chi connectivity index (χ3n) is 3.43. The summed E-state index contributed by atoms with van der Waals surface area (Å²) in [4.78, 5) is 14.0. The molecule has 4 heteroatoms. The summed E-state index contributed by atoms with van der Waals surface area (Å²) in [7, 11) is 1.85. The van der Waals surface area contributed by atoms with E-state index in [9.17, 15) is 4.79 Å². The van der Waals surface area contributed by atoms with Gasteiger partial charge in [-0.1, -0.05) is 31.5 Å². The first-order valence-corrected chi connectivity index (χ1v) is 6.47. The fourth-order valence-electron chi connectivity index (χ4n) is 2.30. The second kappa shape index (κ2) is 6.18. The van der Waals surface area contributed by atoms with E-state index in [1.807, 2.05) is 7.05 Å². The van der Waals surface area contributed by atoms with Gasteiger partial charge in [-0.3, -0.25) is 4.79 Å². The standard InChI is InChI=1S/C12H22N2OS/c1-9(11(13)16)12(15)14(2)8-10-6-4-3-5-7-10/h9-10H,3-8H2,1-2H3,(H2,13,16). The first kappa shape index (κ1) is 13.4. The molecule has 1 unspecified atom stereocenters. The first-order chi connectivity index (χ1) is 7.52. The molecule has 0 aromatic rings. The van der Waals surface area contributed by atoms with Gasteiger partial charge in [0.1, 0.15) is 0 Å². The molecular formula is C12H22N2OS. The topological polar surface area (TPSA) is 46.3 Å². The van der Waals surface area contributed by atoms with Crippen LogP contribution in [-0.4, -0.2) is 29.4 Å². The highest BCUT2D eigenvalue weighted by atomic mass is 32.1. The molecule has 0 saturated heterocycles. The van der Waals surface area contributed by atoms with Crippen molar-refractivity contribution in [2.24, 2.45) is 17.6 Å². The molecule has 16 heavy (non-hydrogen) atoms. The van der Waals surface area contributed by atoms with Crippen LogP contribution in [0, 0.1) is 11.8 Å². The Hall–Kier alpha value is -0.640. The minimum absolute atomic E-state index is 0.0538. The smallest absolute Gasteiger partial charge is 0.231 e. The Morgan fingerprint density at radius 2 is 2.00 bits per heavy atom. The zero-order valence-corrected chi connectivity index (χ0v) is 11.1. The van der Waals surface area contributed by atoms with Crippen LogP contribution < -0.4 is 5.73 Å². The Balaban J connectivity index is 2.41. The molecular weight excluding hydrogens is 220 g/mol. The maximum atomic E-state index is 11.9. The summed E-state index contributed by atoms with van der Waals surface area (Å²) in [6.07, 6.45) is 6.45. The highest BCUT2D eigenvalue weighted by Gasteiger charge is 2.23. The largest absolute Gasteiger partial charge is 0.393 e. The van der Waals surface area contributed by atoms with Crippen LogP contribution in [0.2, 0.25) is 0 Å². The first-order valence-electron chi connectivity index (χ1n) is 6.06. The lowest BCUT2D eigenvalue weighted by atomic mass is 9.89. The highest BCUT2D eigenvalue weighted by Crippen LogP contribution is 2.24. The minimum Gasteiger partial charge on any atom is -0.393 e. The van der Waals surface area contributed by atoms with Gasteiger partial charge in [0.15, 0.2) is 0 Å². The lowest BCUT2D eigenvalue weighted by Crippen LogP contribution is -2.40. The van der Waals surface area contributed by atoms with Crippen LogP contribution in [0.15, 0.2) is 0 Å². The molecule has 0 heterocycles. The Labute approximate surface area is 103 Å². The number of nitrogens with zero attached hydrogens (tertiary/aromatic N) is 1.